The van der Waals surface area contributed by atoms with Gasteiger partial charge in [0, 0.05) is 31.1 Å². The van der Waals surface area contributed by atoms with Gasteiger partial charge in [0.05, 0.1) is 0 Å². The molecular formula is C17H26N2O2. The van der Waals surface area contributed by atoms with Crippen molar-refractivity contribution in [1.29, 1.82) is 0 Å². The van der Waals surface area contributed by atoms with Gasteiger partial charge < -0.3 is 10.2 Å². The molecule has 1 N–H and O–H groups in total. The predicted molar refractivity (Wildman–Crippen MR) is 85.8 cm³/mol. The van der Waals surface area contributed by atoms with Crippen molar-refractivity contribution in [1.82, 2.24) is 10.2 Å². The zero-order valence-electron chi connectivity index (χ0n) is 13.3. The average molecular weight is 290 g/mol. The van der Waals surface area contributed by atoms with Crippen LogP contribution in [-0.4, -0.2) is 43.3 Å². The smallest absolute Gasteiger partial charge is 0.251 e. The number of hydrogen-bond donors (Lipinski definition) is 1. The van der Waals surface area contributed by atoms with Crippen LogP contribution in [0.5, 0.6) is 0 Å². The maximum atomic E-state index is 12.2. The Morgan fingerprint density at radius 2 is 1.67 bits per heavy atom. The molecule has 0 aliphatic rings. The first kappa shape index (κ1) is 17.4. The Bertz CT molecular complexity index is 454. The van der Waals surface area contributed by atoms with E-state index in [2.05, 4.69) is 24.1 Å². The minimum Gasteiger partial charge on any atom is -0.355 e. The molecule has 116 valence electrons. The van der Waals surface area contributed by atoms with Crippen molar-refractivity contribution in [3.05, 3.63) is 35.4 Å². The molecule has 0 atom stereocenters. The van der Waals surface area contributed by atoms with Gasteiger partial charge in [-0.1, -0.05) is 32.4 Å². The van der Waals surface area contributed by atoms with E-state index in [1.165, 1.54) is 12.8 Å². The van der Waals surface area contributed by atoms with Crippen molar-refractivity contribution in [2.24, 2.45) is 0 Å². The molecule has 0 radical (unpaired) electrons. The summed E-state index contributed by atoms with van der Waals surface area (Å²) in [5.41, 5.74) is 1.25. The molecule has 1 amide bonds. The zero-order valence-corrected chi connectivity index (χ0v) is 13.3. The van der Waals surface area contributed by atoms with Gasteiger partial charge >= 0.3 is 0 Å². The molecule has 1 rings (SSSR count). The van der Waals surface area contributed by atoms with Gasteiger partial charge in [0.15, 0.2) is 5.78 Å². The summed E-state index contributed by atoms with van der Waals surface area (Å²) in [7, 11) is 1.59. The summed E-state index contributed by atoms with van der Waals surface area (Å²) in [4.78, 5) is 25.9. The number of amides is 1. The quantitative estimate of drug-likeness (QED) is 0.711. The van der Waals surface area contributed by atoms with Crippen LogP contribution < -0.4 is 5.32 Å². The molecule has 0 fully saturated rings. The minimum absolute atomic E-state index is 0.133. The lowest BCUT2D eigenvalue weighted by molar-refractivity contribution is 0.0952. The van der Waals surface area contributed by atoms with Crippen LogP contribution in [0.3, 0.4) is 0 Å². The zero-order chi connectivity index (χ0) is 15.7. The lowest BCUT2D eigenvalue weighted by atomic mass is 10.1. The van der Waals surface area contributed by atoms with Crippen LogP contribution in [0.15, 0.2) is 24.3 Å². The van der Waals surface area contributed by atoms with E-state index in [0.29, 0.717) is 17.5 Å². The lowest BCUT2D eigenvalue weighted by Gasteiger charge is -2.19. The van der Waals surface area contributed by atoms with Gasteiger partial charge in [-0.15, -0.1) is 0 Å². The number of carbonyl (C=O) groups is 2. The first-order chi connectivity index (χ1) is 10.1. The number of nitrogens with one attached hydrogen (secondary N) is 1. The number of hydrogen-bond acceptors (Lipinski definition) is 3. The van der Waals surface area contributed by atoms with Gasteiger partial charge in [0.1, 0.15) is 0 Å². The predicted octanol–water partition coefficient (Wildman–Crippen LogP) is 2.74. The minimum atomic E-state index is -0.134. The van der Waals surface area contributed by atoms with Crippen molar-refractivity contribution >= 4 is 11.7 Å². The number of unbranched alkanes of at least 4 members (excludes halogenated alkanes) is 1. The van der Waals surface area contributed by atoms with Gasteiger partial charge in [-0.25, -0.2) is 0 Å². The number of carbonyl (C=O) groups excluding carboxylic acids is 2. The van der Waals surface area contributed by atoms with E-state index in [0.717, 1.165) is 19.6 Å². The van der Waals surface area contributed by atoms with Crippen molar-refractivity contribution in [2.75, 3.05) is 26.7 Å². The molecule has 1 aromatic rings. The molecule has 0 saturated heterocycles. The van der Waals surface area contributed by atoms with Crippen molar-refractivity contribution < 1.29 is 9.59 Å². The third-order valence-electron chi connectivity index (χ3n) is 3.63. The largest absolute Gasteiger partial charge is 0.355 e. The fourth-order valence-corrected chi connectivity index (χ4v) is 2.17. The monoisotopic (exact) mass is 290 g/mol. The van der Waals surface area contributed by atoms with Crippen LogP contribution in [0.4, 0.5) is 0 Å². The Kier molecular flexibility index (Phi) is 7.69. The number of ketones is 1. The Morgan fingerprint density at radius 1 is 1.05 bits per heavy atom. The molecule has 0 aliphatic heterocycles. The van der Waals surface area contributed by atoms with E-state index >= 15 is 0 Å². The number of nitrogens with zero attached hydrogens (tertiary/aromatic N) is 1. The standard InChI is InChI=1S/C17H26N2O2/c1-4-6-12-19(5-2)13-11-16(20)14-7-9-15(10-8-14)17(21)18-3/h7-10H,4-6,11-13H2,1-3H3,(H,18,21). The van der Waals surface area contributed by atoms with Crippen LogP contribution in [0.25, 0.3) is 0 Å². The van der Waals surface area contributed by atoms with Crippen molar-refractivity contribution in [3.63, 3.8) is 0 Å². The second-order valence-corrected chi connectivity index (χ2v) is 5.12. The van der Waals surface area contributed by atoms with Crippen molar-refractivity contribution in [2.45, 2.75) is 33.1 Å². The molecule has 1 aromatic carbocycles. The van der Waals surface area contributed by atoms with Crippen LogP contribution >= 0.6 is 0 Å². The average Bonchev–Trinajstić information content (AvgIpc) is 2.54. The van der Waals surface area contributed by atoms with Crippen LogP contribution in [0.1, 0.15) is 53.8 Å². The summed E-state index contributed by atoms with van der Waals surface area (Å²) in [6, 6.07) is 6.85. The Morgan fingerprint density at radius 3 is 2.19 bits per heavy atom. The molecule has 0 spiro atoms. The van der Waals surface area contributed by atoms with Crippen LogP contribution in [0, 0.1) is 0 Å². The van der Waals surface area contributed by atoms with Crippen molar-refractivity contribution in [3.8, 4) is 0 Å². The van der Waals surface area contributed by atoms with E-state index in [-0.39, 0.29) is 11.7 Å². The number of Topliss-reactive ketones (excluding diaryl/α,β-unsaturated/α-hetero) is 1. The molecule has 0 unspecified atom stereocenters. The van der Waals surface area contributed by atoms with E-state index < -0.39 is 0 Å². The fourth-order valence-electron chi connectivity index (χ4n) is 2.17. The maximum absolute atomic E-state index is 12.2. The van der Waals surface area contributed by atoms with Gasteiger partial charge in [0.2, 0.25) is 0 Å². The van der Waals surface area contributed by atoms with E-state index in [9.17, 15) is 9.59 Å². The van der Waals surface area contributed by atoms with E-state index in [1.807, 2.05) is 0 Å². The highest BCUT2D eigenvalue weighted by Gasteiger charge is 2.10. The topological polar surface area (TPSA) is 49.4 Å². The summed E-state index contributed by atoms with van der Waals surface area (Å²) in [5.74, 6) is -0.000808. The maximum Gasteiger partial charge on any atom is 0.251 e. The Labute approximate surface area is 127 Å². The first-order valence-corrected chi connectivity index (χ1v) is 7.70. The summed E-state index contributed by atoms with van der Waals surface area (Å²) >= 11 is 0. The van der Waals surface area contributed by atoms with Crippen LogP contribution in [-0.2, 0) is 0 Å². The first-order valence-electron chi connectivity index (χ1n) is 7.70. The highest BCUT2D eigenvalue weighted by Crippen LogP contribution is 2.08. The molecule has 0 heterocycles. The third-order valence-corrected chi connectivity index (χ3v) is 3.63. The Hall–Kier alpha value is -1.68. The van der Waals surface area contributed by atoms with Crippen LogP contribution in [0.2, 0.25) is 0 Å². The highest BCUT2D eigenvalue weighted by atomic mass is 16.1. The summed E-state index contributed by atoms with van der Waals surface area (Å²) in [6.45, 7) is 7.12. The molecule has 0 aromatic heterocycles. The second-order valence-electron chi connectivity index (χ2n) is 5.12. The molecule has 4 nitrogen and oxygen atoms in total. The number of benzene rings is 1. The van der Waals surface area contributed by atoms with E-state index in [4.69, 9.17) is 0 Å². The molecular weight excluding hydrogens is 264 g/mol. The highest BCUT2D eigenvalue weighted by molar-refractivity contribution is 5.98. The molecule has 0 bridgehead atoms. The van der Waals surface area contributed by atoms with Gasteiger partial charge in [-0.05, 0) is 31.6 Å². The summed E-state index contributed by atoms with van der Waals surface area (Å²) < 4.78 is 0. The summed E-state index contributed by atoms with van der Waals surface area (Å²) in [6.07, 6.45) is 2.87. The molecule has 0 saturated carbocycles. The van der Waals surface area contributed by atoms with Gasteiger partial charge in [-0.3, -0.25) is 9.59 Å². The molecule has 21 heavy (non-hydrogen) atoms. The summed E-state index contributed by atoms with van der Waals surface area (Å²) in [5, 5.41) is 2.57. The third kappa shape index (κ3) is 5.68. The Balaban J connectivity index is 2.53. The molecule has 4 heteroatoms. The second kappa shape index (κ2) is 9.29. The normalized spacial score (nSPS) is 10.7. The lowest BCUT2D eigenvalue weighted by Crippen LogP contribution is -2.27. The fraction of sp³-hybridized carbons (Fsp3) is 0.529. The van der Waals surface area contributed by atoms with E-state index in [1.54, 1.807) is 31.3 Å². The number of rotatable bonds is 9. The molecule has 0 aliphatic carbocycles. The van der Waals surface area contributed by atoms with Gasteiger partial charge in [-0.2, -0.15) is 0 Å². The van der Waals surface area contributed by atoms with Gasteiger partial charge in [0.25, 0.3) is 5.91 Å². The SMILES string of the molecule is CCCCN(CC)CCC(=O)c1ccc(C(=O)NC)cc1.